The van der Waals surface area contributed by atoms with Crippen LogP contribution in [0.15, 0.2) is 17.6 Å². The van der Waals surface area contributed by atoms with Crippen LogP contribution in [-0.4, -0.2) is 41.5 Å². The van der Waals surface area contributed by atoms with Crippen LogP contribution in [0.3, 0.4) is 0 Å². The number of rotatable bonds is 4. The molecule has 3 rings (SSSR count). The van der Waals surface area contributed by atoms with Crippen LogP contribution in [0.2, 0.25) is 0 Å². The molecule has 2 heterocycles. The number of H-pyrrole nitrogens is 1. The third kappa shape index (κ3) is 3.55. The van der Waals surface area contributed by atoms with Crippen LogP contribution in [0.5, 0.6) is 0 Å². The van der Waals surface area contributed by atoms with Gasteiger partial charge in [-0.15, -0.1) is 0 Å². The Balaban J connectivity index is 1.58. The number of carbonyl (C=O) groups is 1. The Morgan fingerprint density at radius 1 is 1.43 bits per heavy atom. The highest BCUT2D eigenvalue weighted by atomic mass is 16.6. The Hall–Kier alpha value is -2.31. The maximum absolute atomic E-state index is 11.9. The van der Waals surface area contributed by atoms with Gasteiger partial charge in [-0.05, 0) is 12.8 Å². The largest absolute Gasteiger partial charge is 0.444 e. The summed E-state index contributed by atoms with van der Waals surface area (Å²) in [6.45, 7) is 4.95. The zero-order chi connectivity index (χ0) is 16.2. The SMILES string of the molecule is C=Cc1c(N2CC[C@@H](OC(=O)NC3CCCC3)C2)cn[nH]c1=O. The molecule has 2 N–H and O–H groups in total. The van der Waals surface area contributed by atoms with E-state index in [9.17, 15) is 9.59 Å². The zero-order valence-electron chi connectivity index (χ0n) is 13.1. The Bertz CT molecular complexity index is 636. The van der Waals surface area contributed by atoms with Crippen LogP contribution in [-0.2, 0) is 4.74 Å². The lowest BCUT2D eigenvalue weighted by atomic mass is 10.2. The summed E-state index contributed by atoms with van der Waals surface area (Å²) in [6, 6.07) is 0.254. The first-order valence-corrected chi connectivity index (χ1v) is 8.09. The van der Waals surface area contributed by atoms with E-state index in [0.29, 0.717) is 18.7 Å². The van der Waals surface area contributed by atoms with Gasteiger partial charge in [0.2, 0.25) is 0 Å². The molecule has 2 aliphatic rings. The molecular formula is C16H22N4O3. The normalized spacial score (nSPS) is 21.4. The number of nitrogens with one attached hydrogen (secondary N) is 2. The van der Waals surface area contributed by atoms with E-state index in [1.165, 1.54) is 18.9 Å². The smallest absolute Gasteiger partial charge is 0.407 e. The molecule has 7 heteroatoms. The summed E-state index contributed by atoms with van der Waals surface area (Å²) < 4.78 is 5.50. The highest BCUT2D eigenvalue weighted by Crippen LogP contribution is 2.24. The minimum Gasteiger partial charge on any atom is -0.444 e. The molecular weight excluding hydrogens is 296 g/mol. The fraction of sp³-hybridized carbons (Fsp3) is 0.562. The maximum atomic E-state index is 11.9. The van der Waals surface area contributed by atoms with E-state index in [4.69, 9.17) is 4.74 Å². The molecule has 0 radical (unpaired) electrons. The lowest BCUT2D eigenvalue weighted by Crippen LogP contribution is -2.36. The molecule has 1 atom stereocenters. The van der Waals surface area contributed by atoms with Crippen LogP contribution in [0.25, 0.3) is 6.08 Å². The molecule has 0 aromatic carbocycles. The second-order valence-corrected chi connectivity index (χ2v) is 6.09. The lowest BCUT2D eigenvalue weighted by Gasteiger charge is -2.20. The van der Waals surface area contributed by atoms with Crippen LogP contribution < -0.4 is 15.8 Å². The number of alkyl carbamates (subject to hydrolysis) is 1. The molecule has 1 saturated heterocycles. The molecule has 0 spiro atoms. The second kappa shape index (κ2) is 6.85. The van der Waals surface area contributed by atoms with Crippen molar-refractivity contribution in [1.29, 1.82) is 0 Å². The highest BCUT2D eigenvalue weighted by Gasteiger charge is 2.28. The fourth-order valence-corrected chi connectivity index (χ4v) is 3.31. The van der Waals surface area contributed by atoms with Crippen molar-refractivity contribution in [3.05, 3.63) is 28.7 Å². The van der Waals surface area contributed by atoms with Crippen LogP contribution in [0.4, 0.5) is 10.5 Å². The maximum Gasteiger partial charge on any atom is 0.407 e. The number of ether oxygens (including phenoxy) is 1. The molecule has 1 aromatic heterocycles. The average Bonchev–Trinajstić information content (AvgIpc) is 3.19. The van der Waals surface area contributed by atoms with Gasteiger partial charge in [-0.1, -0.05) is 25.5 Å². The highest BCUT2D eigenvalue weighted by molar-refractivity contribution is 5.68. The number of aromatic nitrogens is 2. The molecule has 1 aromatic rings. The topological polar surface area (TPSA) is 87.3 Å². The van der Waals surface area contributed by atoms with Gasteiger partial charge in [0, 0.05) is 19.0 Å². The summed E-state index contributed by atoms with van der Waals surface area (Å²) in [5, 5.41) is 9.17. The van der Waals surface area contributed by atoms with E-state index >= 15 is 0 Å². The molecule has 23 heavy (non-hydrogen) atoms. The summed E-state index contributed by atoms with van der Waals surface area (Å²) in [7, 11) is 0. The fourth-order valence-electron chi connectivity index (χ4n) is 3.31. The van der Waals surface area contributed by atoms with Crippen molar-refractivity contribution in [2.75, 3.05) is 18.0 Å². The van der Waals surface area contributed by atoms with Gasteiger partial charge in [0.25, 0.3) is 5.56 Å². The number of aromatic amines is 1. The van der Waals surface area contributed by atoms with Gasteiger partial charge in [-0.2, -0.15) is 5.10 Å². The van der Waals surface area contributed by atoms with Crippen molar-refractivity contribution >= 4 is 17.9 Å². The Morgan fingerprint density at radius 3 is 2.96 bits per heavy atom. The van der Waals surface area contributed by atoms with E-state index in [-0.39, 0.29) is 23.8 Å². The van der Waals surface area contributed by atoms with Crippen molar-refractivity contribution in [3.63, 3.8) is 0 Å². The zero-order valence-corrected chi connectivity index (χ0v) is 13.1. The predicted molar refractivity (Wildman–Crippen MR) is 87.4 cm³/mol. The molecule has 1 aliphatic carbocycles. The van der Waals surface area contributed by atoms with Crippen molar-refractivity contribution in [1.82, 2.24) is 15.5 Å². The van der Waals surface area contributed by atoms with E-state index in [0.717, 1.165) is 24.9 Å². The minimum atomic E-state index is -0.336. The summed E-state index contributed by atoms with van der Waals surface area (Å²) in [4.78, 5) is 25.7. The summed E-state index contributed by atoms with van der Waals surface area (Å²) >= 11 is 0. The minimum absolute atomic E-state index is 0.173. The van der Waals surface area contributed by atoms with E-state index in [1.54, 1.807) is 6.20 Å². The first-order chi connectivity index (χ1) is 11.2. The molecule has 1 aliphatic heterocycles. The van der Waals surface area contributed by atoms with Gasteiger partial charge in [0.05, 0.1) is 24.0 Å². The van der Waals surface area contributed by atoms with E-state index in [2.05, 4.69) is 22.1 Å². The summed E-state index contributed by atoms with van der Waals surface area (Å²) in [5.74, 6) is 0. The van der Waals surface area contributed by atoms with Gasteiger partial charge in [-0.25, -0.2) is 9.89 Å². The Labute approximate surface area is 134 Å². The van der Waals surface area contributed by atoms with E-state index < -0.39 is 0 Å². The second-order valence-electron chi connectivity index (χ2n) is 6.09. The first-order valence-electron chi connectivity index (χ1n) is 8.09. The van der Waals surface area contributed by atoms with Gasteiger partial charge >= 0.3 is 6.09 Å². The van der Waals surface area contributed by atoms with Gasteiger partial charge in [-0.3, -0.25) is 4.79 Å². The number of anilines is 1. The molecule has 2 fully saturated rings. The standard InChI is InChI=1S/C16H22N4O3/c1-2-13-14(9-17-19-15(13)21)20-8-7-12(10-20)23-16(22)18-11-5-3-4-6-11/h2,9,11-12H,1,3-8,10H2,(H,18,22)(H,19,21)/t12-/m1/s1. The number of hydrogen-bond acceptors (Lipinski definition) is 5. The quantitative estimate of drug-likeness (QED) is 0.881. The molecule has 124 valence electrons. The van der Waals surface area contributed by atoms with Crippen molar-refractivity contribution in [2.45, 2.75) is 44.2 Å². The molecule has 1 amide bonds. The third-order valence-corrected chi connectivity index (χ3v) is 4.51. The molecule has 0 unspecified atom stereocenters. The number of nitrogens with zero attached hydrogens (tertiary/aromatic N) is 2. The molecule has 1 saturated carbocycles. The first kappa shape index (κ1) is 15.6. The van der Waals surface area contributed by atoms with E-state index in [1.807, 2.05) is 4.90 Å². The van der Waals surface area contributed by atoms with Crippen molar-refractivity contribution in [3.8, 4) is 0 Å². The van der Waals surface area contributed by atoms with Crippen LogP contribution in [0.1, 0.15) is 37.7 Å². The summed E-state index contributed by atoms with van der Waals surface area (Å²) in [5.41, 5.74) is 0.961. The predicted octanol–water partition coefficient (Wildman–Crippen LogP) is 1.66. The monoisotopic (exact) mass is 318 g/mol. The number of amides is 1. The Kier molecular flexibility index (Phi) is 4.64. The van der Waals surface area contributed by atoms with Crippen molar-refractivity contribution < 1.29 is 9.53 Å². The van der Waals surface area contributed by atoms with Crippen LogP contribution in [0, 0.1) is 0 Å². The van der Waals surface area contributed by atoms with Crippen LogP contribution >= 0.6 is 0 Å². The molecule has 7 nitrogen and oxygen atoms in total. The molecule has 0 bridgehead atoms. The summed E-state index contributed by atoms with van der Waals surface area (Å²) in [6.07, 6.45) is 7.77. The average molecular weight is 318 g/mol. The van der Waals surface area contributed by atoms with Gasteiger partial charge in [0.15, 0.2) is 0 Å². The number of carbonyl (C=O) groups excluding carboxylic acids is 1. The van der Waals surface area contributed by atoms with Crippen molar-refractivity contribution in [2.24, 2.45) is 0 Å². The van der Waals surface area contributed by atoms with Gasteiger partial charge < -0.3 is 15.0 Å². The lowest BCUT2D eigenvalue weighted by molar-refractivity contribution is 0.105. The number of hydrogen-bond donors (Lipinski definition) is 2. The Morgan fingerprint density at radius 2 is 2.22 bits per heavy atom. The van der Waals surface area contributed by atoms with Gasteiger partial charge in [0.1, 0.15) is 6.10 Å². The third-order valence-electron chi connectivity index (χ3n) is 4.51.